The van der Waals surface area contributed by atoms with Gasteiger partial charge >= 0.3 is 0 Å². The van der Waals surface area contributed by atoms with Crippen LogP contribution in [0.2, 0.25) is 0 Å². The number of methoxy groups -OCH3 is 1. The number of hydrogen-bond acceptors (Lipinski definition) is 5. The number of hydrogen-bond donors (Lipinski definition) is 1. The second-order valence-corrected chi connectivity index (χ2v) is 11.1. The Morgan fingerprint density at radius 3 is 2.28 bits per heavy atom. The average Bonchev–Trinajstić information content (AvgIpc) is 3.18. The summed E-state index contributed by atoms with van der Waals surface area (Å²) in [6.07, 6.45) is 0. The molecule has 1 heterocycles. The lowest BCUT2D eigenvalue weighted by Gasteiger charge is -2.26. The van der Waals surface area contributed by atoms with Crippen LogP contribution in [0.3, 0.4) is 0 Å². The first kappa shape index (κ1) is 28.0. The first-order chi connectivity index (χ1) is 18.5. The molecule has 0 radical (unpaired) electrons. The van der Waals surface area contributed by atoms with Gasteiger partial charge in [-0.2, -0.15) is 0 Å². The van der Waals surface area contributed by atoms with Crippen molar-refractivity contribution >= 4 is 23.1 Å². The Balaban J connectivity index is 1.94. The molecule has 204 valence electrons. The van der Waals surface area contributed by atoms with E-state index < -0.39 is 17.7 Å². The quantitative estimate of drug-likeness (QED) is 0.201. The summed E-state index contributed by atoms with van der Waals surface area (Å²) >= 11 is 0. The van der Waals surface area contributed by atoms with Crippen molar-refractivity contribution in [3.63, 3.8) is 0 Å². The normalized spacial score (nSPS) is 17.1. The summed E-state index contributed by atoms with van der Waals surface area (Å²) in [6, 6.07) is 19.4. The van der Waals surface area contributed by atoms with Crippen molar-refractivity contribution in [1.82, 2.24) is 0 Å². The summed E-state index contributed by atoms with van der Waals surface area (Å²) in [5, 5.41) is 11.7. The molecule has 1 fully saturated rings. The number of nitrogens with zero attached hydrogens (tertiary/aromatic N) is 1. The lowest BCUT2D eigenvalue weighted by atomic mass is 9.84. The van der Waals surface area contributed by atoms with Crippen LogP contribution in [0, 0.1) is 0 Å². The smallest absolute Gasteiger partial charge is 0.300 e. The molecular weight excluding hydrogens is 490 g/mol. The number of ketones is 1. The summed E-state index contributed by atoms with van der Waals surface area (Å²) in [7, 11) is 1.60. The van der Waals surface area contributed by atoms with Gasteiger partial charge in [0.2, 0.25) is 0 Å². The summed E-state index contributed by atoms with van der Waals surface area (Å²) in [4.78, 5) is 28.7. The molecule has 1 saturated heterocycles. The Labute approximate surface area is 230 Å². The number of ether oxygens (including phenoxy) is 2. The van der Waals surface area contributed by atoms with Crippen LogP contribution >= 0.6 is 0 Å². The number of rotatable bonds is 7. The Kier molecular flexibility index (Phi) is 7.86. The second-order valence-electron chi connectivity index (χ2n) is 11.1. The fraction of sp³-hybridized carbons (Fsp3) is 0.333. The van der Waals surface area contributed by atoms with E-state index in [1.807, 2.05) is 82.3 Å². The van der Waals surface area contributed by atoms with Crippen molar-refractivity contribution in [2.45, 2.75) is 58.9 Å². The van der Waals surface area contributed by atoms with E-state index in [4.69, 9.17) is 9.47 Å². The Hall–Kier alpha value is -4.06. The number of Topliss-reactive ketones (excluding diaryl/α,β-unsaturated/α-hetero) is 1. The van der Waals surface area contributed by atoms with Gasteiger partial charge in [-0.3, -0.25) is 14.5 Å². The number of carbonyl (C=O) groups excluding carboxylic acids is 2. The number of aliphatic hydroxyl groups is 1. The summed E-state index contributed by atoms with van der Waals surface area (Å²) in [6.45, 7) is 12.7. The molecule has 3 aromatic carbocycles. The molecule has 1 amide bonds. The van der Waals surface area contributed by atoms with Gasteiger partial charge in [-0.05, 0) is 71.8 Å². The Morgan fingerprint density at radius 2 is 1.69 bits per heavy atom. The third-order valence-electron chi connectivity index (χ3n) is 7.05. The monoisotopic (exact) mass is 527 g/mol. The lowest BCUT2D eigenvalue weighted by Crippen LogP contribution is -2.29. The fourth-order valence-electron chi connectivity index (χ4n) is 4.97. The standard InChI is InChI=1S/C33H37NO5/c1-8-39-25-11-9-10-22(18-25)29-28(30(35)23-14-17-27(38-7)26(19-23)33(4,5)6)31(36)32(37)34(29)24-15-12-21(13-16-24)20(2)3/h9-20,29,35H,8H2,1-7H3/b30-28+. The van der Waals surface area contributed by atoms with Gasteiger partial charge in [-0.15, -0.1) is 0 Å². The van der Waals surface area contributed by atoms with Crippen LogP contribution in [0.15, 0.2) is 72.3 Å². The van der Waals surface area contributed by atoms with E-state index in [0.717, 1.165) is 11.1 Å². The molecule has 3 aromatic rings. The minimum Gasteiger partial charge on any atom is -0.507 e. The van der Waals surface area contributed by atoms with E-state index in [0.29, 0.717) is 40.8 Å². The van der Waals surface area contributed by atoms with Gasteiger partial charge in [-0.25, -0.2) is 0 Å². The van der Waals surface area contributed by atoms with E-state index in [1.54, 1.807) is 19.2 Å². The van der Waals surface area contributed by atoms with Crippen LogP contribution in [0.1, 0.15) is 75.8 Å². The van der Waals surface area contributed by atoms with Crippen LogP contribution in [0.4, 0.5) is 5.69 Å². The van der Waals surface area contributed by atoms with Crippen molar-refractivity contribution in [1.29, 1.82) is 0 Å². The summed E-state index contributed by atoms with van der Waals surface area (Å²) in [5.74, 6) is -0.0265. The van der Waals surface area contributed by atoms with Gasteiger partial charge in [0, 0.05) is 16.8 Å². The van der Waals surface area contributed by atoms with Crippen molar-refractivity contribution in [3.05, 3.63) is 94.6 Å². The van der Waals surface area contributed by atoms with Gasteiger partial charge in [0.1, 0.15) is 17.3 Å². The van der Waals surface area contributed by atoms with E-state index in [2.05, 4.69) is 13.8 Å². The number of carbonyl (C=O) groups is 2. The van der Waals surface area contributed by atoms with E-state index >= 15 is 0 Å². The predicted octanol–water partition coefficient (Wildman–Crippen LogP) is 7.14. The first-order valence-corrected chi connectivity index (χ1v) is 13.3. The molecule has 0 aromatic heterocycles. The zero-order valence-electron chi connectivity index (χ0n) is 23.7. The predicted molar refractivity (Wildman–Crippen MR) is 155 cm³/mol. The third kappa shape index (κ3) is 5.42. The maximum atomic E-state index is 13.6. The lowest BCUT2D eigenvalue weighted by molar-refractivity contribution is -0.132. The van der Waals surface area contributed by atoms with Crippen molar-refractivity contribution in [3.8, 4) is 11.5 Å². The second kappa shape index (κ2) is 11.0. The molecule has 1 unspecified atom stereocenters. The molecule has 6 heteroatoms. The zero-order chi connectivity index (χ0) is 28.5. The van der Waals surface area contributed by atoms with Crippen molar-refractivity contribution in [2.75, 3.05) is 18.6 Å². The van der Waals surface area contributed by atoms with Crippen LogP contribution in [-0.2, 0) is 15.0 Å². The van der Waals surface area contributed by atoms with Crippen molar-refractivity contribution in [2.24, 2.45) is 0 Å². The van der Waals surface area contributed by atoms with Crippen molar-refractivity contribution < 1.29 is 24.2 Å². The van der Waals surface area contributed by atoms with Gasteiger partial charge in [0.15, 0.2) is 0 Å². The molecule has 1 aliphatic rings. The molecule has 6 nitrogen and oxygen atoms in total. The molecule has 1 N–H and O–H groups in total. The molecule has 0 saturated carbocycles. The van der Waals surface area contributed by atoms with Gasteiger partial charge in [-0.1, -0.05) is 58.9 Å². The molecule has 0 aliphatic carbocycles. The largest absolute Gasteiger partial charge is 0.507 e. The minimum absolute atomic E-state index is 0.0339. The average molecular weight is 528 g/mol. The maximum absolute atomic E-state index is 13.6. The van der Waals surface area contributed by atoms with E-state index in [9.17, 15) is 14.7 Å². The zero-order valence-corrected chi connectivity index (χ0v) is 23.7. The molecule has 1 aliphatic heterocycles. The molecule has 39 heavy (non-hydrogen) atoms. The Bertz CT molecular complexity index is 1410. The van der Waals surface area contributed by atoms with Gasteiger partial charge < -0.3 is 14.6 Å². The van der Waals surface area contributed by atoms with Crippen LogP contribution in [0.5, 0.6) is 11.5 Å². The summed E-state index contributed by atoms with van der Waals surface area (Å²) in [5.41, 5.74) is 3.45. The highest BCUT2D eigenvalue weighted by Crippen LogP contribution is 2.44. The molecule has 0 spiro atoms. The molecule has 0 bridgehead atoms. The van der Waals surface area contributed by atoms with Crippen LogP contribution in [-0.4, -0.2) is 30.5 Å². The maximum Gasteiger partial charge on any atom is 0.300 e. The van der Waals surface area contributed by atoms with E-state index in [1.165, 1.54) is 4.90 Å². The molecule has 4 rings (SSSR count). The highest BCUT2D eigenvalue weighted by molar-refractivity contribution is 6.51. The van der Waals surface area contributed by atoms with Gasteiger partial charge in [0.25, 0.3) is 11.7 Å². The highest BCUT2D eigenvalue weighted by Gasteiger charge is 2.47. The first-order valence-electron chi connectivity index (χ1n) is 13.3. The fourth-order valence-corrected chi connectivity index (χ4v) is 4.97. The number of benzene rings is 3. The molecular formula is C33H37NO5. The number of aliphatic hydroxyl groups excluding tert-OH is 1. The summed E-state index contributed by atoms with van der Waals surface area (Å²) < 4.78 is 11.3. The number of amides is 1. The third-order valence-corrected chi connectivity index (χ3v) is 7.05. The number of anilines is 1. The van der Waals surface area contributed by atoms with Gasteiger partial charge in [0.05, 0.1) is 25.3 Å². The highest BCUT2D eigenvalue weighted by atomic mass is 16.5. The molecule has 1 atom stereocenters. The van der Waals surface area contributed by atoms with E-state index in [-0.39, 0.29) is 16.7 Å². The van der Waals surface area contributed by atoms with Crippen LogP contribution < -0.4 is 14.4 Å². The topological polar surface area (TPSA) is 76.1 Å². The SMILES string of the molecule is CCOc1cccc(C2/C(=C(\O)c3ccc(OC)c(C(C)(C)C)c3)C(=O)C(=O)N2c2ccc(C(C)C)cc2)c1. The van der Waals surface area contributed by atoms with Crippen LogP contribution in [0.25, 0.3) is 5.76 Å². The minimum atomic E-state index is -0.838. The Morgan fingerprint density at radius 1 is 1.00 bits per heavy atom.